The molecule has 90 valence electrons. The van der Waals surface area contributed by atoms with Crippen LogP contribution in [-0.2, 0) is 13.1 Å². The zero-order chi connectivity index (χ0) is 11.6. The predicted molar refractivity (Wildman–Crippen MR) is 65.3 cm³/mol. The van der Waals surface area contributed by atoms with Crippen LogP contribution in [0.5, 0.6) is 0 Å². The molecule has 1 aliphatic rings. The van der Waals surface area contributed by atoms with E-state index in [1.54, 1.807) is 0 Å². The molecule has 0 saturated carbocycles. The fraction of sp³-hybridized carbons (Fsp3) is 0.750. The molecular formula is C12H22N4. The van der Waals surface area contributed by atoms with Crippen LogP contribution in [0.15, 0.2) is 12.3 Å². The maximum atomic E-state index is 4.32. The van der Waals surface area contributed by atoms with Crippen molar-refractivity contribution in [1.29, 1.82) is 0 Å². The van der Waals surface area contributed by atoms with Gasteiger partial charge in [-0.15, -0.1) is 0 Å². The summed E-state index contributed by atoms with van der Waals surface area (Å²) in [7, 11) is 0. The van der Waals surface area contributed by atoms with Gasteiger partial charge in [-0.25, -0.2) is 0 Å². The Hall–Kier alpha value is -0.870. The Morgan fingerprint density at radius 2 is 2.31 bits per heavy atom. The first-order valence-electron chi connectivity index (χ1n) is 6.10. The zero-order valence-corrected chi connectivity index (χ0v) is 10.5. The van der Waals surface area contributed by atoms with Crippen molar-refractivity contribution in [3.63, 3.8) is 0 Å². The van der Waals surface area contributed by atoms with Crippen molar-refractivity contribution in [3.05, 3.63) is 18.0 Å². The summed E-state index contributed by atoms with van der Waals surface area (Å²) in [5.41, 5.74) is 1.55. The summed E-state index contributed by atoms with van der Waals surface area (Å²) in [5, 5.41) is 7.77. The van der Waals surface area contributed by atoms with Crippen molar-refractivity contribution in [2.24, 2.45) is 0 Å². The van der Waals surface area contributed by atoms with Crippen molar-refractivity contribution < 1.29 is 0 Å². The van der Waals surface area contributed by atoms with Crippen LogP contribution in [-0.4, -0.2) is 39.9 Å². The van der Waals surface area contributed by atoms with Crippen LogP contribution in [0.2, 0.25) is 0 Å². The number of nitrogens with zero attached hydrogens (tertiary/aromatic N) is 3. The van der Waals surface area contributed by atoms with Crippen molar-refractivity contribution >= 4 is 0 Å². The number of aromatic nitrogens is 2. The van der Waals surface area contributed by atoms with Crippen LogP contribution in [0.4, 0.5) is 0 Å². The highest BCUT2D eigenvalue weighted by Gasteiger charge is 2.29. The van der Waals surface area contributed by atoms with Gasteiger partial charge in [0.15, 0.2) is 0 Å². The van der Waals surface area contributed by atoms with E-state index in [4.69, 9.17) is 0 Å². The maximum absolute atomic E-state index is 4.32. The van der Waals surface area contributed by atoms with E-state index < -0.39 is 0 Å². The van der Waals surface area contributed by atoms with Gasteiger partial charge in [0.05, 0.1) is 5.69 Å². The molecule has 0 radical (unpaired) electrons. The molecule has 1 fully saturated rings. The fourth-order valence-corrected chi connectivity index (χ4v) is 2.29. The van der Waals surface area contributed by atoms with Crippen LogP contribution in [0.25, 0.3) is 0 Å². The molecule has 1 aromatic heterocycles. The monoisotopic (exact) mass is 222 g/mol. The highest BCUT2D eigenvalue weighted by Crippen LogP contribution is 2.19. The molecule has 0 bridgehead atoms. The van der Waals surface area contributed by atoms with E-state index in [1.807, 2.05) is 6.20 Å². The Kier molecular flexibility index (Phi) is 3.30. The van der Waals surface area contributed by atoms with E-state index in [9.17, 15) is 0 Å². The first-order valence-corrected chi connectivity index (χ1v) is 6.10. The number of hydrogen-bond acceptors (Lipinski definition) is 3. The lowest BCUT2D eigenvalue weighted by atomic mass is 10.00. The molecule has 16 heavy (non-hydrogen) atoms. The summed E-state index contributed by atoms with van der Waals surface area (Å²) in [6, 6.07) is 2.13. The average Bonchev–Trinajstić information content (AvgIpc) is 2.68. The van der Waals surface area contributed by atoms with Crippen molar-refractivity contribution in [2.75, 3.05) is 19.6 Å². The highest BCUT2D eigenvalue weighted by molar-refractivity contribution is 5.02. The number of hydrogen-bond donors (Lipinski definition) is 1. The first kappa shape index (κ1) is 11.6. The standard InChI is InChI=1S/C12H22N4/c1-4-16-11(5-6-14-16)9-15-8-7-13-10-12(15,2)3/h5-6,13H,4,7-10H2,1-3H3. The van der Waals surface area contributed by atoms with E-state index in [2.05, 4.69) is 46.8 Å². The Balaban J connectivity index is 2.08. The van der Waals surface area contributed by atoms with Crippen molar-refractivity contribution in [3.8, 4) is 0 Å². The SMILES string of the molecule is CCn1nccc1CN1CCNCC1(C)C. The van der Waals surface area contributed by atoms with Gasteiger partial charge < -0.3 is 5.32 Å². The summed E-state index contributed by atoms with van der Waals surface area (Å²) in [6.07, 6.45) is 1.90. The van der Waals surface area contributed by atoms with Crippen LogP contribution in [0.3, 0.4) is 0 Å². The van der Waals surface area contributed by atoms with Gasteiger partial charge in [-0.3, -0.25) is 9.58 Å². The molecule has 4 heteroatoms. The smallest absolute Gasteiger partial charge is 0.0524 e. The second-order valence-corrected chi connectivity index (χ2v) is 5.05. The van der Waals surface area contributed by atoms with E-state index >= 15 is 0 Å². The summed E-state index contributed by atoms with van der Waals surface area (Å²) in [6.45, 7) is 12.0. The van der Waals surface area contributed by atoms with Gasteiger partial charge in [0, 0.05) is 44.5 Å². The minimum Gasteiger partial charge on any atom is -0.314 e. The van der Waals surface area contributed by atoms with Gasteiger partial charge in [0.2, 0.25) is 0 Å². The van der Waals surface area contributed by atoms with E-state index in [-0.39, 0.29) is 5.54 Å². The van der Waals surface area contributed by atoms with E-state index in [0.717, 1.165) is 32.7 Å². The molecule has 2 heterocycles. The minimum atomic E-state index is 0.237. The first-order chi connectivity index (χ1) is 7.63. The molecule has 0 atom stereocenters. The predicted octanol–water partition coefficient (Wildman–Crippen LogP) is 1.09. The molecule has 4 nitrogen and oxygen atoms in total. The average molecular weight is 222 g/mol. The maximum Gasteiger partial charge on any atom is 0.0524 e. The third-order valence-electron chi connectivity index (χ3n) is 3.43. The Bertz CT molecular complexity index is 343. The molecule has 1 N–H and O–H groups in total. The lowest BCUT2D eigenvalue weighted by Crippen LogP contribution is -2.57. The highest BCUT2D eigenvalue weighted by atomic mass is 15.3. The van der Waals surface area contributed by atoms with Crippen LogP contribution in [0, 0.1) is 0 Å². The molecule has 2 rings (SSSR count). The molecule has 0 aliphatic carbocycles. The summed E-state index contributed by atoms with van der Waals surface area (Å²) in [4.78, 5) is 2.53. The molecule has 1 aromatic rings. The van der Waals surface area contributed by atoms with Gasteiger partial charge in [0.25, 0.3) is 0 Å². The van der Waals surface area contributed by atoms with Gasteiger partial charge in [-0.1, -0.05) is 0 Å². The summed E-state index contributed by atoms with van der Waals surface area (Å²) < 4.78 is 2.08. The third kappa shape index (κ3) is 2.28. The van der Waals surface area contributed by atoms with Crippen LogP contribution < -0.4 is 5.32 Å². The Morgan fingerprint density at radius 3 is 3.00 bits per heavy atom. The second kappa shape index (κ2) is 4.55. The molecule has 1 aliphatic heterocycles. The third-order valence-corrected chi connectivity index (χ3v) is 3.43. The van der Waals surface area contributed by atoms with E-state index in [0.29, 0.717) is 0 Å². The second-order valence-electron chi connectivity index (χ2n) is 5.05. The normalized spacial score (nSPS) is 21.2. The summed E-state index contributed by atoms with van der Waals surface area (Å²) in [5.74, 6) is 0. The Morgan fingerprint density at radius 1 is 1.50 bits per heavy atom. The summed E-state index contributed by atoms with van der Waals surface area (Å²) >= 11 is 0. The number of aryl methyl sites for hydroxylation is 1. The lowest BCUT2D eigenvalue weighted by molar-refractivity contribution is 0.0798. The number of nitrogens with one attached hydrogen (secondary N) is 1. The largest absolute Gasteiger partial charge is 0.314 e. The zero-order valence-electron chi connectivity index (χ0n) is 10.5. The number of rotatable bonds is 3. The van der Waals surface area contributed by atoms with Crippen molar-refractivity contribution in [2.45, 2.75) is 39.4 Å². The topological polar surface area (TPSA) is 33.1 Å². The molecule has 0 spiro atoms. The fourth-order valence-electron chi connectivity index (χ4n) is 2.29. The Labute approximate surface area is 97.6 Å². The van der Waals surface area contributed by atoms with Crippen LogP contribution >= 0.6 is 0 Å². The number of piperazine rings is 1. The van der Waals surface area contributed by atoms with Gasteiger partial charge in [-0.05, 0) is 26.8 Å². The van der Waals surface area contributed by atoms with Crippen LogP contribution in [0.1, 0.15) is 26.5 Å². The van der Waals surface area contributed by atoms with Crippen molar-refractivity contribution in [1.82, 2.24) is 20.0 Å². The van der Waals surface area contributed by atoms with Gasteiger partial charge in [-0.2, -0.15) is 5.10 Å². The molecule has 0 amide bonds. The quantitative estimate of drug-likeness (QED) is 0.831. The molecular weight excluding hydrogens is 200 g/mol. The molecule has 0 aromatic carbocycles. The van der Waals surface area contributed by atoms with E-state index in [1.165, 1.54) is 5.69 Å². The molecule has 0 unspecified atom stereocenters. The van der Waals surface area contributed by atoms with Gasteiger partial charge >= 0.3 is 0 Å². The minimum absolute atomic E-state index is 0.237. The molecule has 1 saturated heterocycles. The van der Waals surface area contributed by atoms with Gasteiger partial charge in [0.1, 0.15) is 0 Å². The lowest BCUT2D eigenvalue weighted by Gasteiger charge is -2.42.